The van der Waals surface area contributed by atoms with Gasteiger partial charge in [0, 0.05) is 21.9 Å². The highest BCUT2D eigenvalue weighted by Gasteiger charge is 2.05. The SMILES string of the molecule is CCCNCC=Cc1ccc(-c2ccccc2F)s1. The number of benzene rings is 1. The molecule has 0 spiro atoms. The normalized spacial score (nSPS) is 11.3. The summed E-state index contributed by atoms with van der Waals surface area (Å²) in [6.07, 6.45) is 5.33. The first-order chi connectivity index (χ1) is 9.31. The molecule has 2 aromatic rings. The second-order valence-electron chi connectivity index (χ2n) is 4.29. The van der Waals surface area contributed by atoms with E-state index in [0.29, 0.717) is 5.56 Å². The Bertz CT molecular complexity index is 545. The van der Waals surface area contributed by atoms with Crippen molar-refractivity contribution >= 4 is 17.4 Å². The smallest absolute Gasteiger partial charge is 0.131 e. The second kappa shape index (κ2) is 7.22. The number of hydrogen-bond donors (Lipinski definition) is 1. The van der Waals surface area contributed by atoms with E-state index in [-0.39, 0.29) is 5.82 Å². The van der Waals surface area contributed by atoms with Gasteiger partial charge in [-0.1, -0.05) is 31.2 Å². The summed E-state index contributed by atoms with van der Waals surface area (Å²) in [5.74, 6) is -0.163. The summed E-state index contributed by atoms with van der Waals surface area (Å²) in [7, 11) is 0. The van der Waals surface area contributed by atoms with Crippen molar-refractivity contribution in [1.29, 1.82) is 0 Å². The minimum Gasteiger partial charge on any atom is -0.313 e. The maximum absolute atomic E-state index is 13.7. The van der Waals surface area contributed by atoms with Gasteiger partial charge in [-0.3, -0.25) is 0 Å². The summed E-state index contributed by atoms with van der Waals surface area (Å²) < 4.78 is 13.7. The van der Waals surface area contributed by atoms with Crippen molar-refractivity contribution in [3.05, 3.63) is 53.2 Å². The summed E-state index contributed by atoms with van der Waals surface area (Å²) >= 11 is 1.61. The molecule has 0 fully saturated rings. The van der Waals surface area contributed by atoms with E-state index in [0.717, 1.165) is 29.3 Å². The number of nitrogens with one attached hydrogen (secondary N) is 1. The molecule has 0 amide bonds. The van der Waals surface area contributed by atoms with Gasteiger partial charge in [-0.15, -0.1) is 11.3 Å². The molecule has 1 aromatic carbocycles. The van der Waals surface area contributed by atoms with Crippen molar-refractivity contribution in [1.82, 2.24) is 5.32 Å². The fraction of sp³-hybridized carbons (Fsp3) is 0.250. The second-order valence-corrected chi connectivity index (χ2v) is 5.40. The molecule has 100 valence electrons. The third-order valence-electron chi connectivity index (χ3n) is 2.74. The highest BCUT2D eigenvalue weighted by atomic mass is 32.1. The predicted molar refractivity (Wildman–Crippen MR) is 81.9 cm³/mol. The van der Waals surface area contributed by atoms with Crippen molar-refractivity contribution in [2.75, 3.05) is 13.1 Å². The van der Waals surface area contributed by atoms with Crippen LogP contribution in [-0.2, 0) is 0 Å². The van der Waals surface area contributed by atoms with Crippen LogP contribution in [-0.4, -0.2) is 13.1 Å². The van der Waals surface area contributed by atoms with E-state index in [1.54, 1.807) is 17.4 Å². The highest BCUT2D eigenvalue weighted by molar-refractivity contribution is 7.16. The van der Waals surface area contributed by atoms with Gasteiger partial charge in [0.05, 0.1) is 0 Å². The maximum atomic E-state index is 13.7. The first-order valence-corrected chi connectivity index (χ1v) is 7.35. The number of hydrogen-bond acceptors (Lipinski definition) is 2. The third-order valence-corrected chi connectivity index (χ3v) is 3.82. The zero-order valence-electron chi connectivity index (χ0n) is 11.0. The molecule has 1 aromatic heterocycles. The molecule has 1 N–H and O–H groups in total. The number of halogens is 1. The van der Waals surface area contributed by atoms with E-state index >= 15 is 0 Å². The van der Waals surface area contributed by atoms with Gasteiger partial charge in [0.15, 0.2) is 0 Å². The Balaban J connectivity index is 2.01. The van der Waals surface area contributed by atoms with Gasteiger partial charge in [0.1, 0.15) is 5.82 Å². The van der Waals surface area contributed by atoms with Crippen molar-refractivity contribution < 1.29 is 4.39 Å². The van der Waals surface area contributed by atoms with Crippen molar-refractivity contribution in [3.8, 4) is 10.4 Å². The molecule has 3 heteroatoms. The average molecular weight is 275 g/mol. The first kappa shape index (κ1) is 14.0. The quantitative estimate of drug-likeness (QED) is 0.762. The van der Waals surface area contributed by atoms with Crippen molar-refractivity contribution in [2.45, 2.75) is 13.3 Å². The van der Waals surface area contributed by atoms with E-state index < -0.39 is 0 Å². The van der Waals surface area contributed by atoms with Crippen molar-refractivity contribution in [2.24, 2.45) is 0 Å². The molecular formula is C16H18FNS. The summed E-state index contributed by atoms with van der Waals surface area (Å²) in [6, 6.07) is 10.9. The monoisotopic (exact) mass is 275 g/mol. The van der Waals surface area contributed by atoms with Gasteiger partial charge in [-0.2, -0.15) is 0 Å². The number of thiophene rings is 1. The molecule has 1 nitrogen and oxygen atoms in total. The average Bonchev–Trinajstić information content (AvgIpc) is 2.88. The standard InChI is InChI=1S/C16H18FNS/c1-2-11-18-12-5-6-13-9-10-16(19-13)14-7-3-4-8-15(14)17/h3-10,18H,2,11-12H2,1H3. The molecule has 0 aliphatic carbocycles. The highest BCUT2D eigenvalue weighted by Crippen LogP contribution is 2.30. The molecule has 2 rings (SSSR count). The van der Waals surface area contributed by atoms with Crippen LogP contribution in [0.15, 0.2) is 42.5 Å². The van der Waals surface area contributed by atoms with Crippen molar-refractivity contribution in [3.63, 3.8) is 0 Å². The fourth-order valence-electron chi connectivity index (χ4n) is 1.79. The topological polar surface area (TPSA) is 12.0 Å². The number of rotatable bonds is 6. The molecule has 19 heavy (non-hydrogen) atoms. The lowest BCUT2D eigenvalue weighted by Crippen LogP contribution is -2.13. The van der Waals surface area contributed by atoms with Gasteiger partial charge >= 0.3 is 0 Å². The largest absolute Gasteiger partial charge is 0.313 e. The van der Waals surface area contributed by atoms with Gasteiger partial charge in [-0.05, 0) is 37.2 Å². The Morgan fingerprint density at radius 1 is 1.21 bits per heavy atom. The van der Waals surface area contributed by atoms with Crippen LogP contribution in [0.25, 0.3) is 16.5 Å². The minimum absolute atomic E-state index is 0.163. The van der Waals surface area contributed by atoms with Gasteiger partial charge in [-0.25, -0.2) is 4.39 Å². The summed E-state index contributed by atoms with van der Waals surface area (Å²) in [5.41, 5.74) is 0.677. The molecule has 0 bridgehead atoms. The molecule has 0 aliphatic heterocycles. The van der Waals surface area contributed by atoms with Crippen LogP contribution in [0.2, 0.25) is 0 Å². The molecular weight excluding hydrogens is 257 g/mol. The van der Waals surface area contributed by atoms with E-state index in [2.05, 4.69) is 24.4 Å². The maximum Gasteiger partial charge on any atom is 0.131 e. The summed E-state index contributed by atoms with van der Waals surface area (Å²) in [4.78, 5) is 2.12. The Labute approximate surface area is 117 Å². The Hall–Kier alpha value is -1.45. The van der Waals surface area contributed by atoms with Gasteiger partial charge in [0.25, 0.3) is 0 Å². The Morgan fingerprint density at radius 2 is 2.05 bits per heavy atom. The molecule has 0 unspecified atom stereocenters. The van der Waals surface area contributed by atoms with Crippen LogP contribution in [0, 0.1) is 5.82 Å². The minimum atomic E-state index is -0.163. The van der Waals surface area contributed by atoms with Gasteiger partial charge < -0.3 is 5.32 Å². The van der Waals surface area contributed by atoms with E-state index in [1.165, 1.54) is 6.07 Å². The van der Waals surface area contributed by atoms with E-state index in [4.69, 9.17) is 0 Å². The van der Waals surface area contributed by atoms with Crippen LogP contribution < -0.4 is 5.32 Å². The predicted octanol–water partition coefficient (Wildman–Crippen LogP) is 4.57. The van der Waals surface area contributed by atoms with E-state index in [1.807, 2.05) is 24.3 Å². The fourth-order valence-corrected chi connectivity index (χ4v) is 2.75. The van der Waals surface area contributed by atoms with Crippen LogP contribution in [0.1, 0.15) is 18.2 Å². The first-order valence-electron chi connectivity index (χ1n) is 6.53. The Morgan fingerprint density at radius 3 is 2.84 bits per heavy atom. The lowest BCUT2D eigenvalue weighted by molar-refractivity contribution is 0.631. The van der Waals surface area contributed by atoms with E-state index in [9.17, 15) is 4.39 Å². The lowest BCUT2D eigenvalue weighted by atomic mass is 10.2. The third kappa shape index (κ3) is 4.01. The van der Waals surface area contributed by atoms with Crippen LogP contribution in [0.5, 0.6) is 0 Å². The molecule has 0 aliphatic rings. The van der Waals surface area contributed by atoms with Gasteiger partial charge in [0.2, 0.25) is 0 Å². The molecule has 1 heterocycles. The summed E-state index contributed by atoms with van der Waals surface area (Å²) in [5, 5.41) is 3.31. The lowest BCUT2D eigenvalue weighted by Gasteiger charge is -1.98. The van der Waals surface area contributed by atoms with Crippen LogP contribution >= 0.6 is 11.3 Å². The molecule has 0 radical (unpaired) electrons. The summed E-state index contributed by atoms with van der Waals surface area (Å²) in [6.45, 7) is 4.06. The zero-order chi connectivity index (χ0) is 13.5. The molecule has 0 saturated carbocycles. The zero-order valence-corrected chi connectivity index (χ0v) is 11.8. The Kier molecular flexibility index (Phi) is 5.31. The molecule has 0 atom stereocenters. The van der Waals surface area contributed by atoms with Crippen LogP contribution in [0.4, 0.5) is 4.39 Å². The molecule has 0 saturated heterocycles. The van der Waals surface area contributed by atoms with Crippen LogP contribution in [0.3, 0.4) is 0 Å².